The molecule has 8 heteroatoms. The van der Waals surface area contributed by atoms with E-state index in [9.17, 15) is 14.4 Å². The zero-order valence-corrected chi connectivity index (χ0v) is 12.0. The number of alkyl halides is 1. The molecule has 1 unspecified atom stereocenters. The van der Waals surface area contributed by atoms with Crippen LogP contribution in [0.5, 0.6) is 0 Å². The second-order valence-electron chi connectivity index (χ2n) is 5.13. The lowest BCUT2D eigenvalue weighted by atomic mass is 9.97. The van der Waals surface area contributed by atoms with Crippen LogP contribution in [0.4, 0.5) is 4.39 Å². The number of carbonyl (C=O) groups is 1. The van der Waals surface area contributed by atoms with Gasteiger partial charge in [-0.1, -0.05) is 6.92 Å². The number of hydrogen-bond donors (Lipinski definition) is 1. The first kappa shape index (κ1) is 15.4. The summed E-state index contributed by atoms with van der Waals surface area (Å²) in [6.45, 7) is 4.15. The standard InChI is InChI=1S/C13H17FN2O5/c1-4-8-10(20-7(2)17)13(3,14)11(21-8)16-6-5-9(18)15-12(16)19/h5-6,8,10-11H,4H2,1-3H3,(H,15,18,19)/t8-,10?,11-,13+/m1/s1. The normalized spacial score (nSPS) is 32.1. The molecule has 0 amide bonds. The largest absolute Gasteiger partial charge is 0.456 e. The van der Waals surface area contributed by atoms with Gasteiger partial charge in [-0.2, -0.15) is 0 Å². The maximum Gasteiger partial charge on any atom is 0.330 e. The summed E-state index contributed by atoms with van der Waals surface area (Å²) >= 11 is 0. The third-order valence-electron chi connectivity index (χ3n) is 3.48. The number of esters is 1. The Morgan fingerprint density at radius 1 is 1.57 bits per heavy atom. The molecule has 1 aliphatic rings. The van der Waals surface area contributed by atoms with Crippen LogP contribution in [0, 0.1) is 0 Å². The third-order valence-corrected chi connectivity index (χ3v) is 3.48. The lowest BCUT2D eigenvalue weighted by Crippen LogP contribution is -2.45. The van der Waals surface area contributed by atoms with Gasteiger partial charge in [-0.25, -0.2) is 9.18 Å². The van der Waals surface area contributed by atoms with Gasteiger partial charge in [0.05, 0.1) is 0 Å². The monoisotopic (exact) mass is 300 g/mol. The number of aromatic amines is 1. The average Bonchev–Trinajstić information content (AvgIpc) is 2.61. The molecule has 1 N–H and O–H groups in total. The molecular weight excluding hydrogens is 283 g/mol. The van der Waals surface area contributed by atoms with Crippen molar-refractivity contribution in [3.05, 3.63) is 33.1 Å². The fraction of sp³-hybridized carbons (Fsp3) is 0.615. The van der Waals surface area contributed by atoms with Crippen LogP contribution in [0.2, 0.25) is 0 Å². The Morgan fingerprint density at radius 3 is 2.76 bits per heavy atom. The predicted octanol–water partition coefficient (Wildman–Crippen LogP) is 0.504. The number of hydrogen-bond acceptors (Lipinski definition) is 5. The van der Waals surface area contributed by atoms with E-state index in [4.69, 9.17) is 9.47 Å². The minimum Gasteiger partial charge on any atom is -0.456 e. The van der Waals surface area contributed by atoms with Crippen molar-refractivity contribution < 1.29 is 18.7 Å². The summed E-state index contributed by atoms with van der Waals surface area (Å²) in [6.07, 6.45) is -1.51. The van der Waals surface area contributed by atoms with Gasteiger partial charge >= 0.3 is 11.7 Å². The van der Waals surface area contributed by atoms with Gasteiger partial charge in [0.1, 0.15) is 6.10 Å². The fourth-order valence-electron chi connectivity index (χ4n) is 2.50. The molecule has 116 valence electrons. The minimum absolute atomic E-state index is 0.409. The molecule has 0 saturated carbocycles. The van der Waals surface area contributed by atoms with Crippen LogP contribution in [0.15, 0.2) is 21.9 Å². The van der Waals surface area contributed by atoms with Gasteiger partial charge in [-0.05, 0) is 13.3 Å². The molecule has 0 spiro atoms. The topological polar surface area (TPSA) is 90.4 Å². The second-order valence-corrected chi connectivity index (χ2v) is 5.13. The Labute approximate surface area is 119 Å². The van der Waals surface area contributed by atoms with Crippen molar-refractivity contribution in [1.29, 1.82) is 0 Å². The van der Waals surface area contributed by atoms with Crippen LogP contribution in [0.3, 0.4) is 0 Å². The van der Waals surface area contributed by atoms with E-state index in [1.165, 1.54) is 13.8 Å². The Hall–Kier alpha value is -1.96. The first-order valence-electron chi connectivity index (χ1n) is 6.60. The highest BCUT2D eigenvalue weighted by Gasteiger charge is 2.57. The number of halogens is 1. The summed E-state index contributed by atoms with van der Waals surface area (Å²) in [7, 11) is 0. The van der Waals surface area contributed by atoms with E-state index in [0.717, 1.165) is 16.8 Å². The van der Waals surface area contributed by atoms with Crippen molar-refractivity contribution in [3.8, 4) is 0 Å². The van der Waals surface area contributed by atoms with Gasteiger partial charge in [0.2, 0.25) is 0 Å². The molecule has 1 aliphatic heterocycles. The Balaban J connectivity index is 2.43. The Kier molecular flexibility index (Phi) is 3.99. The average molecular weight is 300 g/mol. The maximum absolute atomic E-state index is 15.0. The van der Waals surface area contributed by atoms with Crippen molar-refractivity contribution in [2.24, 2.45) is 0 Å². The molecule has 1 fully saturated rings. The smallest absolute Gasteiger partial charge is 0.330 e. The highest BCUT2D eigenvalue weighted by atomic mass is 19.1. The van der Waals surface area contributed by atoms with Crippen molar-refractivity contribution in [2.75, 3.05) is 0 Å². The molecule has 1 saturated heterocycles. The van der Waals surface area contributed by atoms with Gasteiger partial charge in [0.15, 0.2) is 18.0 Å². The molecular formula is C13H17FN2O5. The molecule has 2 heterocycles. The number of nitrogens with zero attached hydrogens (tertiary/aromatic N) is 1. The highest BCUT2D eigenvalue weighted by molar-refractivity contribution is 5.66. The summed E-state index contributed by atoms with van der Waals surface area (Å²) in [5, 5.41) is 0. The SMILES string of the molecule is CC[C@H]1O[C@@H](n2ccc(=O)[nH]c2=O)[C@@](C)(F)C1OC(C)=O. The van der Waals surface area contributed by atoms with Crippen molar-refractivity contribution >= 4 is 5.97 Å². The number of carbonyl (C=O) groups excluding carboxylic acids is 1. The van der Waals surface area contributed by atoms with Crippen LogP contribution < -0.4 is 11.2 Å². The quantitative estimate of drug-likeness (QED) is 0.821. The number of H-pyrrole nitrogens is 1. The number of ether oxygens (including phenoxy) is 2. The Morgan fingerprint density at radius 2 is 2.24 bits per heavy atom. The lowest BCUT2D eigenvalue weighted by Gasteiger charge is -2.27. The Bertz CT molecular complexity index is 650. The summed E-state index contributed by atoms with van der Waals surface area (Å²) in [5.74, 6) is -0.625. The first-order valence-corrected chi connectivity index (χ1v) is 6.60. The maximum atomic E-state index is 15.0. The molecule has 4 atom stereocenters. The molecule has 0 aliphatic carbocycles. The van der Waals surface area contributed by atoms with E-state index in [1.54, 1.807) is 6.92 Å². The van der Waals surface area contributed by atoms with E-state index < -0.39 is 41.3 Å². The van der Waals surface area contributed by atoms with E-state index >= 15 is 4.39 Å². The lowest BCUT2D eigenvalue weighted by molar-refractivity contribution is -0.154. The first-order chi connectivity index (χ1) is 9.77. The molecule has 0 aromatic carbocycles. The minimum atomic E-state index is -2.10. The molecule has 2 rings (SSSR count). The fourth-order valence-corrected chi connectivity index (χ4v) is 2.50. The van der Waals surface area contributed by atoms with Gasteiger partial charge in [0.25, 0.3) is 5.56 Å². The summed E-state index contributed by atoms with van der Waals surface area (Å²) in [6, 6.07) is 1.10. The van der Waals surface area contributed by atoms with Crippen LogP contribution in [-0.2, 0) is 14.3 Å². The zero-order chi connectivity index (χ0) is 15.8. The second kappa shape index (κ2) is 5.44. The van der Waals surface area contributed by atoms with Crippen molar-refractivity contribution in [2.45, 2.75) is 51.3 Å². The van der Waals surface area contributed by atoms with Crippen molar-refractivity contribution in [1.82, 2.24) is 9.55 Å². The van der Waals surface area contributed by atoms with Gasteiger partial charge in [0, 0.05) is 19.2 Å². The molecule has 1 aromatic rings. The van der Waals surface area contributed by atoms with Crippen molar-refractivity contribution in [3.63, 3.8) is 0 Å². The molecule has 7 nitrogen and oxygen atoms in total. The van der Waals surface area contributed by atoms with Crippen LogP contribution in [-0.4, -0.2) is 33.4 Å². The molecule has 21 heavy (non-hydrogen) atoms. The highest BCUT2D eigenvalue weighted by Crippen LogP contribution is 2.43. The van der Waals surface area contributed by atoms with Gasteiger partial charge in [-0.15, -0.1) is 0 Å². The van der Waals surface area contributed by atoms with E-state index in [2.05, 4.69) is 0 Å². The number of nitrogens with one attached hydrogen (secondary N) is 1. The van der Waals surface area contributed by atoms with E-state index in [-0.39, 0.29) is 0 Å². The van der Waals surface area contributed by atoms with E-state index in [0.29, 0.717) is 6.42 Å². The zero-order valence-electron chi connectivity index (χ0n) is 12.0. The van der Waals surface area contributed by atoms with Crippen LogP contribution in [0.25, 0.3) is 0 Å². The number of aromatic nitrogens is 2. The summed E-state index contributed by atoms with van der Waals surface area (Å²) in [4.78, 5) is 36.1. The molecule has 0 bridgehead atoms. The molecule has 1 aromatic heterocycles. The van der Waals surface area contributed by atoms with Crippen LogP contribution in [0.1, 0.15) is 33.4 Å². The third kappa shape index (κ3) is 2.76. The van der Waals surface area contributed by atoms with Gasteiger partial charge in [-0.3, -0.25) is 19.1 Å². The predicted molar refractivity (Wildman–Crippen MR) is 70.6 cm³/mol. The van der Waals surface area contributed by atoms with Gasteiger partial charge < -0.3 is 9.47 Å². The summed E-state index contributed by atoms with van der Waals surface area (Å²) in [5.41, 5.74) is -3.47. The van der Waals surface area contributed by atoms with E-state index in [1.807, 2.05) is 4.98 Å². The number of rotatable bonds is 3. The molecule has 0 radical (unpaired) electrons. The summed E-state index contributed by atoms with van der Waals surface area (Å²) < 4.78 is 26.6. The van der Waals surface area contributed by atoms with Crippen LogP contribution >= 0.6 is 0 Å².